The third-order valence-corrected chi connectivity index (χ3v) is 5.97. The number of thioether (sulfide) groups is 1. The molecule has 3 amide bonds. The summed E-state index contributed by atoms with van der Waals surface area (Å²) < 4.78 is 15.0. The molecule has 0 atom stereocenters. The molecule has 33 heavy (non-hydrogen) atoms. The minimum atomic E-state index is -0.561. The number of amides is 3. The zero-order chi connectivity index (χ0) is 23.5. The molecule has 0 aliphatic carbocycles. The summed E-state index contributed by atoms with van der Waals surface area (Å²) in [4.78, 5) is 54.7. The maximum Gasteiger partial charge on any atom is 0.293 e. The molecule has 2 aromatic carbocycles. The van der Waals surface area contributed by atoms with Gasteiger partial charge in [-0.15, -0.1) is 0 Å². The van der Waals surface area contributed by atoms with Crippen LogP contribution in [0, 0.1) is 5.82 Å². The number of carbonyl (C=O) groups is 3. The second kappa shape index (κ2) is 9.55. The predicted octanol–water partition coefficient (Wildman–Crippen LogP) is 3.04. The first-order chi connectivity index (χ1) is 15.8. The smallest absolute Gasteiger partial charge is 0.293 e. The Morgan fingerprint density at radius 1 is 1.18 bits per heavy atom. The van der Waals surface area contributed by atoms with Crippen molar-refractivity contribution >= 4 is 57.4 Å². The molecule has 0 spiro atoms. The highest BCUT2D eigenvalue weighted by molar-refractivity contribution is 8.18. The van der Waals surface area contributed by atoms with E-state index in [9.17, 15) is 23.6 Å². The van der Waals surface area contributed by atoms with Crippen LogP contribution in [0.3, 0.4) is 0 Å². The number of hydrogen-bond acceptors (Lipinski definition) is 6. The van der Waals surface area contributed by atoms with E-state index in [2.05, 4.69) is 10.3 Å². The van der Waals surface area contributed by atoms with Gasteiger partial charge in [0.1, 0.15) is 12.4 Å². The van der Waals surface area contributed by atoms with Crippen LogP contribution in [0.1, 0.15) is 5.56 Å². The number of rotatable bonds is 6. The van der Waals surface area contributed by atoms with Crippen molar-refractivity contribution in [2.24, 2.45) is 0 Å². The van der Waals surface area contributed by atoms with Crippen LogP contribution in [0.4, 0.5) is 9.18 Å². The summed E-state index contributed by atoms with van der Waals surface area (Å²) in [6.45, 7) is -0.361. The number of carbonyl (C=O) groups excluding carboxylic acids is 3. The molecule has 168 valence electrons. The van der Waals surface area contributed by atoms with Crippen LogP contribution < -0.4 is 10.9 Å². The van der Waals surface area contributed by atoms with Crippen molar-refractivity contribution in [3.8, 4) is 0 Å². The fourth-order valence-corrected chi connectivity index (χ4v) is 4.22. The second-order valence-electron chi connectivity index (χ2n) is 7.04. The zero-order valence-electron chi connectivity index (χ0n) is 17.0. The van der Waals surface area contributed by atoms with Crippen LogP contribution in [0.25, 0.3) is 17.0 Å². The van der Waals surface area contributed by atoms with Gasteiger partial charge in [-0.05, 0) is 42.1 Å². The SMILES string of the molecule is O=C(Cn1cnc2ccc(Cl)cc2c1=O)NCCN1C(=O)S/C(=C\c2ccccc2F)C1=O. The Kier molecular flexibility index (Phi) is 6.57. The van der Waals surface area contributed by atoms with Gasteiger partial charge in [0.15, 0.2) is 0 Å². The van der Waals surface area contributed by atoms with Crippen LogP contribution in [-0.2, 0) is 16.1 Å². The molecule has 1 aromatic heterocycles. The maximum atomic E-state index is 13.8. The molecule has 1 aliphatic rings. The molecule has 1 N–H and O–H groups in total. The van der Waals surface area contributed by atoms with E-state index in [1.807, 2.05) is 0 Å². The molecular weight excluding hydrogens is 471 g/mol. The van der Waals surface area contributed by atoms with Gasteiger partial charge in [-0.2, -0.15) is 0 Å². The molecule has 2 heterocycles. The highest BCUT2D eigenvalue weighted by Crippen LogP contribution is 2.32. The van der Waals surface area contributed by atoms with Gasteiger partial charge in [-0.25, -0.2) is 9.37 Å². The van der Waals surface area contributed by atoms with Crippen molar-refractivity contribution in [3.05, 3.63) is 80.5 Å². The maximum absolute atomic E-state index is 13.8. The van der Waals surface area contributed by atoms with E-state index in [0.717, 1.165) is 9.47 Å². The lowest BCUT2D eigenvalue weighted by molar-refractivity contribution is -0.124. The summed E-state index contributed by atoms with van der Waals surface area (Å²) in [5.41, 5.74) is 0.248. The normalized spacial score (nSPS) is 15.0. The minimum absolute atomic E-state index is 0.00849. The predicted molar refractivity (Wildman–Crippen MR) is 123 cm³/mol. The first-order valence-electron chi connectivity index (χ1n) is 9.75. The van der Waals surface area contributed by atoms with Gasteiger partial charge < -0.3 is 5.32 Å². The van der Waals surface area contributed by atoms with Crippen LogP contribution in [0.2, 0.25) is 5.02 Å². The highest BCUT2D eigenvalue weighted by atomic mass is 35.5. The van der Waals surface area contributed by atoms with E-state index in [0.29, 0.717) is 22.3 Å². The quantitative estimate of drug-likeness (QED) is 0.537. The number of imide groups is 1. The topological polar surface area (TPSA) is 101 Å². The summed E-state index contributed by atoms with van der Waals surface area (Å²) in [6.07, 6.45) is 2.59. The van der Waals surface area contributed by atoms with Crippen molar-refractivity contribution in [1.29, 1.82) is 0 Å². The molecule has 0 unspecified atom stereocenters. The molecule has 8 nitrogen and oxygen atoms in total. The first kappa shape index (κ1) is 22.7. The molecule has 1 aliphatic heterocycles. The number of fused-ring (bicyclic) bond motifs is 1. The Morgan fingerprint density at radius 3 is 2.76 bits per heavy atom. The van der Waals surface area contributed by atoms with Gasteiger partial charge in [-0.1, -0.05) is 29.8 Å². The van der Waals surface area contributed by atoms with Crippen LogP contribution in [0.15, 0.2) is 58.5 Å². The van der Waals surface area contributed by atoms with E-state index >= 15 is 0 Å². The monoisotopic (exact) mass is 486 g/mol. The van der Waals surface area contributed by atoms with E-state index in [1.165, 1.54) is 36.7 Å². The molecule has 1 saturated heterocycles. The lowest BCUT2D eigenvalue weighted by Gasteiger charge is -2.13. The number of benzene rings is 2. The molecule has 0 bridgehead atoms. The summed E-state index contributed by atoms with van der Waals surface area (Å²) in [5.74, 6) is -1.55. The Labute approximate surface area is 196 Å². The van der Waals surface area contributed by atoms with Crippen molar-refractivity contribution in [2.45, 2.75) is 6.54 Å². The Balaban J connectivity index is 1.36. The van der Waals surface area contributed by atoms with Crippen LogP contribution >= 0.6 is 23.4 Å². The molecule has 11 heteroatoms. The summed E-state index contributed by atoms with van der Waals surface area (Å²) >= 11 is 6.63. The largest absolute Gasteiger partial charge is 0.353 e. The molecule has 3 aromatic rings. The fourth-order valence-electron chi connectivity index (χ4n) is 3.19. The number of nitrogens with zero attached hydrogens (tertiary/aromatic N) is 3. The number of aromatic nitrogens is 2. The third-order valence-electron chi connectivity index (χ3n) is 4.82. The van der Waals surface area contributed by atoms with Gasteiger partial charge in [0.25, 0.3) is 16.7 Å². The molecule has 0 radical (unpaired) electrons. The Hall–Kier alpha value is -3.50. The third kappa shape index (κ3) is 4.96. The first-order valence-corrected chi connectivity index (χ1v) is 10.9. The average molecular weight is 487 g/mol. The average Bonchev–Trinajstić information content (AvgIpc) is 3.05. The van der Waals surface area contributed by atoms with Crippen molar-refractivity contribution < 1.29 is 18.8 Å². The fraction of sp³-hybridized carbons (Fsp3) is 0.136. The Bertz CT molecular complexity index is 1370. The standard InChI is InChI=1S/C22H16ClFN4O4S/c23-14-5-6-17-15(10-14)20(30)27(12-26-17)11-19(29)25-7-8-28-21(31)18(33-22(28)32)9-13-3-1-2-4-16(13)24/h1-6,9-10,12H,7-8,11H2,(H,25,29)/b18-9-. The zero-order valence-corrected chi connectivity index (χ0v) is 18.5. The molecule has 0 saturated carbocycles. The van der Waals surface area contributed by atoms with Gasteiger partial charge >= 0.3 is 0 Å². The summed E-state index contributed by atoms with van der Waals surface area (Å²) in [6, 6.07) is 10.6. The lowest BCUT2D eigenvalue weighted by atomic mass is 10.2. The van der Waals surface area contributed by atoms with Gasteiger partial charge in [0, 0.05) is 23.7 Å². The highest BCUT2D eigenvalue weighted by Gasteiger charge is 2.34. The summed E-state index contributed by atoms with van der Waals surface area (Å²) in [7, 11) is 0. The van der Waals surface area contributed by atoms with Crippen molar-refractivity contribution in [3.63, 3.8) is 0 Å². The van der Waals surface area contributed by atoms with Crippen molar-refractivity contribution in [1.82, 2.24) is 19.8 Å². The van der Waals surface area contributed by atoms with Crippen LogP contribution in [0.5, 0.6) is 0 Å². The van der Waals surface area contributed by atoms with Crippen molar-refractivity contribution in [2.75, 3.05) is 13.1 Å². The number of hydrogen-bond donors (Lipinski definition) is 1. The van der Waals surface area contributed by atoms with Crippen LogP contribution in [-0.4, -0.2) is 44.6 Å². The molecule has 1 fully saturated rings. The van der Waals surface area contributed by atoms with E-state index < -0.39 is 28.4 Å². The van der Waals surface area contributed by atoms with Gasteiger partial charge in [-0.3, -0.25) is 28.6 Å². The summed E-state index contributed by atoms with van der Waals surface area (Å²) in [5, 5.41) is 2.73. The van der Waals surface area contributed by atoms with Gasteiger partial charge in [0.05, 0.1) is 22.1 Å². The Morgan fingerprint density at radius 2 is 1.97 bits per heavy atom. The number of halogens is 2. The van der Waals surface area contributed by atoms with E-state index in [4.69, 9.17) is 11.6 Å². The molecular formula is C22H16ClFN4O4S. The molecule has 4 rings (SSSR count). The van der Waals surface area contributed by atoms with E-state index in [-0.39, 0.29) is 35.5 Å². The second-order valence-corrected chi connectivity index (χ2v) is 8.47. The lowest BCUT2D eigenvalue weighted by Crippen LogP contribution is -2.39. The van der Waals surface area contributed by atoms with Gasteiger partial charge in [0.2, 0.25) is 5.91 Å². The van der Waals surface area contributed by atoms with E-state index in [1.54, 1.807) is 18.2 Å². The number of nitrogens with one attached hydrogen (secondary N) is 1. The minimum Gasteiger partial charge on any atom is -0.353 e.